The highest BCUT2D eigenvalue weighted by Gasteiger charge is 2.25. The number of likely N-dealkylation sites (N-methyl/N-ethyl adjacent to an activating group) is 1. The lowest BCUT2D eigenvalue weighted by atomic mass is 10.2. The summed E-state index contributed by atoms with van der Waals surface area (Å²) in [5, 5.41) is 14.4. The largest absolute Gasteiger partial charge is 0.390 e. The Kier molecular flexibility index (Phi) is 6.62. The van der Waals surface area contributed by atoms with Crippen LogP contribution in [0.1, 0.15) is 6.92 Å². The smallest absolute Gasteiger partial charge is 0.0862 e. The Morgan fingerprint density at radius 3 is 2.62 bits per heavy atom. The van der Waals surface area contributed by atoms with Crippen LogP contribution in [0.25, 0.3) is 0 Å². The molecule has 0 bridgehead atoms. The lowest BCUT2D eigenvalue weighted by Crippen LogP contribution is -2.53. The number of hydrogen-bond acceptors (Lipinski definition) is 6. The molecular weight excluding hydrogens is 306 g/mol. The van der Waals surface area contributed by atoms with Crippen molar-refractivity contribution in [1.82, 2.24) is 24.5 Å². The maximum atomic E-state index is 10.2. The van der Waals surface area contributed by atoms with Crippen molar-refractivity contribution in [2.75, 3.05) is 65.5 Å². The van der Waals surface area contributed by atoms with E-state index in [9.17, 15) is 5.11 Å². The van der Waals surface area contributed by atoms with Gasteiger partial charge in [0.2, 0.25) is 0 Å². The van der Waals surface area contributed by atoms with Gasteiger partial charge >= 0.3 is 0 Å². The topological polar surface area (TPSA) is 57.0 Å². The van der Waals surface area contributed by atoms with Crippen molar-refractivity contribution < 1.29 is 9.84 Å². The van der Waals surface area contributed by atoms with Gasteiger partial charge in [-0.1, -0.05) is 6.92 Å². The van der Waals surface area contributed by atoms with Crippen molar-refractivity contribution in [3.8, 4) is 0 Å². The zero-order chi connectivity index (χ0) is 16.8. The van der Waals surface area contributed by atoms with E-state index < -0.39 is 0 Å². The van der Waals surface area contributed by atoms with Gasteiger partial charge in [0.25, 0.3) is 0 Å². The summed E-state index contributed by atoms with van der Waals surface area (Å²) >= 11 is 0. The monoisotopic (exact) mass is 337 g/mol. The summed E-state index contributed by atoms with van der Waals surface area (Å²) in [5.74, 6) is 0. The zero-order valence-electron chi connectivity index (χ0n) is 14.8. The van der Waals surface area contributed by atoms with Crippen molar-refractivity contribution in [3.63, 3.8) is 0 Å². The molecule has 0 amide bonds. The Hall–Kier alpha value is -0.990. The van der Waals surface area contributed by atoms with Crippen LogP contribution in [0.5, 0.6) is 0 Å². The minimum absolute atomic E-state index is 0.343. The Balaban J connectivity index is 1.35. The molecule has 1 N–H and O–H groups in total. The van der Waals surface area contributed by atoms with E-state index in [1.807, 2.05) is 12.3 Å². The number of rotatable bonds is 7. The van der Waals surface area contributed by atoms with E-state index in [0.29, 0.717) is 12.6 Å². The molecule has 1 aromatic heterocycles. The molecule has 0 spiro atoms. The number of piperazine rings is 1. The van der Waals surface area contributed by atoms with Crippen LogP contribution in [0.4, 0.5) is 0 Å². The Morgan fingerprint density at radius 2 is 1.92 bits per heavy atom. The van der Waals surface area contributed by atoms with Gasteiger partial charge in [-0.15, -0.1) is 0 Å². The number of aromatic nitrogens is 2. The van der Waals surface area contributed by atoms with E-state index >= 15 is 0 Å². The average Bonchev–Trinajstić information content (AvgIpc) is 3.09. The van der Waals surface area contributed by atoms with Crippen LogP contribution in [0, 0.1) is 0 Å². The van der Waals surface area contributed by atoms with Gasteiger partial charge < -0.3 is 9.84 Å². The molecule has 2 atom stereocenters. The third-order valence-corrected chi connectivity index (χ3v) is 5.02. The van der Waals surface area contributed by atoms with E-state index in [1.165, 1.54) is 0 Å². The maximum Gasteiger partial charge on any atom is 0.0862 e. The van der Waals surface area contributed by atoms with Gasteiger partial charge in [0.15, 0.2) is 0 Å². The first-order chi connectivity index (χ1) is 11.7. The SMILES string of the molecule is CCN1CCO[C@@H](CN2CCN(C[C@@H](O)Cn3cccn3)CC2)C1. The second-order valence-electron chi connectivity index (χ2n) is 6.87. The quantitative estimate of drug-likeness (QED) is 0.730. The van der Waals surface area contributed by atoms with E-state index in [4.69, 9.17) is 4.74 Å². The standard InChI is InChI=1S/C17H31N5O2/c1-2-19-10-11-24-17(14-19)15-21-8-6-20(7-9-21)12-16(23)13-22-5-3-4-18-22/h3-5,16-17,23H,2,6-15H2,1H3/t16-,17-/m1/s1. The van der Waals surface area contributed by atoms with Crippen molar-refractivity contribution in [2.45, 2.75) is 25.7 Å². The van der Waals surface area contributed by atoms with Crippen molar-refractivity contribution in [3.05, 3.63) is 18.5 Å². The molecule has 3 heterocycles. The van der Waals surface area contributed by atoms with Crippen molar-refractivity contribution >= 4 is 0 Å². The fourth-order valence-electron chi connectivity index (χ4n) is 3.60. The van der Waals surface area contributed by atoms with Crippen LogP contribution in [-0.2, 0) is 11.3 Å². The van der Waals surface area contributed by atoms with Crippen LogP contribution in [0.2, 0.25) is 0 Å². The molecule has 24 heavy (non-hydrogen) atoms. The highest BCUT2D eigenvalue weighted by molar-refractivity contribution is 4.81. The molecule has 2 fully saturated rings. The molecule has 7 nitrogen and oxygen atoms in total. The number of morpholine rings is 1. The molecule has 0 radical (unpaired) electrons. The molecule has 0 aliphatic carbocycles. The lowest BCUT2D eigenvalue weighted by Gasteiger charge is -2.39. The number of aliphatic hydroxyl groups excluding tert-OH is 1. The summed E-state index contributed by atoms with van der Waals surface area (Å²) in [6.07, 6.45) is 3.62. The molecule has 1 aromatic rings. The molecule has 136 valence electrons. The Morgan fingerprint density at radius 1 is 1.12 bits per heavy atom. The third-order valence-electron chi connectivity index (χ3n) is 5.02. The van der Waals surface area contributed by atoms with Gasteiger partial charge in [-0.2, -0.15) is 5.10 Å². The van der Waals surface area contributed by atoms with Gasteiger partial charge in [-0.25, -0.2) is 0 Å². The second-order valence-corrected chi connectivity index (χ2v) is 6.87. The van der Waals surface area contributed by atoms with Gasteiger partial charge in [-0.3, -0.25) is 19.4 Å². The van der Waals surface area contributed by atoms with E-state index in [-0.39, 0.29) is 6.10 Å². The first-order valence-corrected chi connectivity index (χ1v) is 9.17. The highest BCUT2D eigenvalue weighted by atomic mass is 16.5. The fourth-order valence-corrected chi connectivity index (χ4v) is 3.60. The third kappa shape index (κ3) is 5.26. The van der Waals surface area contributed by atoms with Crippen LogP contribution < -0.4 is 0 Å². The molecular formula is C17H31N5O2. The molecule has 0 unspecified atom stereocenters. The number of β-amino-alcohol motifs (C(OH)–C–C–N with tert-alkyl or cyclic N) is 1. The molecule has 3 rings (SSSR count). The van der Waals surface area contributed by atoms with Crippen LogP contribution in [-0.4, -0.2) is 107 Å². The molecule has 2 aliphatic rings. The highest BCUT2D eigenvalue weighted by Crippen LogP contribution is 2.10. The predicted molar refractivity (Wildman–Crippen MR) is 93.0 cm³/mol. The van der Waals surface area contributed by atoms with Crippen LogP contribution in [0.15, 0.2) is 18.5 Å². The Labute approximate surface area is 144 Å². The van der Waals surface area contributed by atoms with E-state index in [2.05, 4.69) is 26.7 Å². The molecule has 0 saturated carbocycles. The van der Waals surface area contributed by atoms with Gasteiger partial charge in [0, 0.05) is 64.8 Å². The van der Waals surface area contributed by atoms with Gasteiger partial charge in [0.05, 0.1) is 25.4 Å². The van der Waals surface area contributed by atoms with Gasteiger partial charge in [-0.05, 0) is 12.6 Å². The fraction of sp³-hybridized carbons (Fsp3) is 0.824. The van der Waals surface area contributed by atoms with Crippen molar-refractivity contribution in [2.24, 2.45) is 0 Å². The minimum Gasteiger partial charge on any atom is -0.390 e. The molecule has 7 heteroatoms. The normalized spacial score (nSPS) is 25.8. The maximum absolute atomic E-state index is 10.2. The zero-order valence-corrected chi connectivity index (χ0v) is 14.8. The number of ether oxygens (including phenoxy) is 1. The molecule has 0 aromatic carbocycles. The Bertz CT molecular complexity index is 462. The average molecular weight is 337 g/mol. The summed E-state index contributed by atoms with van der Waals surface area (Å²) < 4.78 is 7.71. The summed E-state index contributed by atoms with van der Waals surface area (Å²) in [6.45, 7) is 12.8. The van der Waals surface area contributed by atoms with E-state index in [1.54, 1.807) is 10.9 Å². The number of nitrogens with zero attached hydrogens (tertiary/aromatic N) is 5. The second kappa shape index (κ2) is 8.92. The lowest BCUT2D eigenvalue weighted by molar-refractivity contribution is -0.0481. The number of aliphatic hydroxyl groups is 1. The summed E-state index contributed by atoms with van der Waals surface area (Å²) in [6, 6.07) is 1.89. The predicted octanol–water partition coefficient (Wildman–Crippen LogP) is -0.418. The van der Waals surface area contributed by atoms with Crippen molar-refractivity contribution in [1.29, 1.82) is 0 Å². The van der Waals surface area contributed by atoms with Gasteiger partial charge in [0.1, 0.15) is 0 Å². The van der Waals surface area contributed by atoms with E-state index in [0.717, 1.165) is 65.5 Å². The van der Waals surface area contributed by atoms with Crippen LogP contribution in [0.3, 0.4) is 0 Å². The molecule has 2 saturated heterocycles. The first kappa shape index (κ1) is 17.8. The number of hydrogen-bond donors (Lipinski definition) is 1. The summed E-state index contributed by atoms with van der Waals surface area (Å²) in [7, 11) is 0. The molecule has 2 aliphatic heterocycles. The first-order valence-electron chi connectivity index (χ1n) is 9.17. The minimum atomic E-state index is -0.365. The summed E-state index contributed by atoms with van der Waals surface area (Å²) in [5.41, 5.74) is 0. The summed E-state index contributed by atoms with van der Waals surface area (Å²) in [4.78, 5) is 7.32. The van der Waals surface area contributed by atoms with Crippen LogP contribution >= 0.6 is 0 Å².